The summed E-state index contributed by atoms with van der Waals surface area (Å²) in [4.78, 5) is 21.5. The molecule has 0 radical (unpaired) electrons. The molecule has 0 unspecified atom stereocenters. The third kappa shape index (κ3) is 9.52. The fourth-order valence-electron chi connectivity index (χ4n) is 0.691. The van der Waals surface area contributed by atoms with Gasteiger partial charge in [-0.25, -0.2) is 0 Å². The van der Waals surface area contributed by atoms with Crippen molar-refractivity contribution in [2.75, 3.05) is 26.3 Å². The molecule has 0 fully saturated rings. The van der Waals surface area contributed by atoms with E-state index in [0.29, 0.717) is 13.2 Å². The molecule has 0 aromatic heterocycles. The molecule has 0 aliphatic heterocycles. The van der Waals surface area contributed by atoms with Crippen LogP contribution >= 0.6 is 0 Å². The summed E-state index contributed by atoms with van der Waals surface area (Å²) < 4.78 is 9.26. The standard InChI is InChI=1S/C8H15NO4.Cr/c1-3-12-7(10)5-9-6-8(11)13-4-2;/h9H,3-6H2,1-2H3;. The molecule has 0 aromatic rings. The maximum atomic E-state index is 10.7. The summed E-state index contributed by atoms with van der Waals surface area (Å²) in [5, 5.41) is 2.61. The van der Waals surface area contributed by atoms with Crippen LogP contribution in [0.15, 0.2) is 0 Å². The Kier molecular flexibility index (Phi) is 11.9. The molecule has 0 aliphatic carbocycles. The normalized spacial score (nSPS) is 8.71. The second-order valence-corrected chi connectivity index (χ2v) is 2.21. The largest absolute Gasteiger partial charge is 0.465 e. The van der Waals surface area contributed by atoms with E-state index in [1.54, 1.807) is 13.8 Å². The SMILES string of the molecule is CCOC(=O)CNCC(=O)OCC.[Cr]. The van der Waals surface area contributed by atoms with E-state index in [4.69, 9.17) is 0 Å². The third-order valence-electron chi connectivity index (χ3n) is 1.15. The summed E-state index contributed by atoms with van der Waals surface area (Å²) in [6.07, 6.45) is 0. The number of esters is 2. The van der Waals surface area contributed by atoms with E-state index in [1.807, 2.05) is 0 Å². The van der Waals surface area contributed by atoms with Gasteiger partial charge in [0.1, 0.15) is 0 Å². The molecule has 0 atom stereocenters. The fraction of sp³-hybridized carbons (Fsp3) is 0.750. The van der Waals surface area contributed by atoms with Gasteiger partial charge in [0.15, 0.2) is 0 Å². The van der Waals surface area contributed by atoms with Gasteiger partial charge < -0.3 is 9.47 Å². The van der Waals surface area contributed by atoms with Crippen molar-refractivity contribution < 1.29 is 36.4 Å². The van der Waals surface area contributed by atoms with Crippen LogP contribution in [0.3, 0.4) is 0 Å². The van der Waals surface area contributed by atoms with Gasteiger partial charge in [0.05, 0.1) is 26.3 Å². The van der Waals surface area contributed by atoms with Crippen LogP contribution < -0.4 is 5.32 Å². The first-order valence-electron chi connectivity index (χ1n) is 4.22. The molecule has 82 valence electrons. The van der Waals surface area contributed by atoms with Gasteiger partial charge >= 0.3 is 11.9 Å². The van der Waals surface area contributed by atoms with E-state index in [2.05, 4.69) is 14.8 Å². The number of nitrogens with one attached hydrogen (secondary N) is 1. The van der Waals surface area contributed by atoms with E-state index in [1.165, 1.54) is 0 Å². The molecule has 14 heavy (non-hydrogen) atoms. The van der Waals surface area contributed by atoms with Crippen molar-refractivity contribution in [2.24, 2.45) is 0 Å². The second kappa shape index (κ2) is 10.5. The average Bonchev–Trinajstić information content (AvgIpc) is 2.05. The molecule has 0 aliphatic rings. The zero-order chi connectivity index (χ0) is 10.1. The molecule has 1 N–H and O–H groups in total. The first-order chi connectivity index (χ1) is 6.20. The van der Waals surface area contributed by atoms with Crippen molar-refractivity contribution in [3.05, 3.63) is 0 Å². The number of hydrogen-bond acceptors (Lipinski definition) is 5. The van der Waals surface area contributed by atoms with Gasteiger partial charge in [-0.3, -0.25) is 14.9 Å². The molecular weight excluding hydrogens is 226 g/mol. The molecule has 0 bridgehead atoms. The van der Waals surface area contributed by atoms with E-state index in [9.17, 15) is 9.59 Å². The van der Waals surface area contributed by atoms with Crippen molar-refractivity contribution in [1.29, 1.82) is 0 Å². The Labute approximate surface area is 94.3 Å². The van der Waals surface area contributed by atoms with E-state index >= 15 is 0 Å². The fourth-order valence-corrected chi connectivity index (χ4v) is 0.691. The van der Waals surface area contributed by atoms with Gasteiger partial charge in [-0.15, -0.1) is 0 Å². The van der Waals surface area contributed by atoms with E-state index in [0.717, 1.165) is 0 Å². The van der Waals surface area contributed by atoms with Gasteiger partial charge in [0.2, 0.25) is 0 Å². The summed E-state index contributed by atoms with van der Waals surface area (Å²) in [7, 11) is 0. The Morgan fingerprint density at radius 3 is 1.64 bits per heavy atom. The van der Waals surface area contributed by atoms with Gasteiger partial charge in [-0.05, 0) is 13.8 Å². The molecule has 0 saturated heterocycles. The summed E-state index contributed by atoms with van der Waals surface area (Å²) in [5.74, 6) is -0.737. The third-order valence-corrected chi connectivity index (χ3v) is 1.15. The Hall–Kier alpha value is -0.568. The molecule has 5 nitrogen and oxygen atoms in total. The maximum absolute atomic E-state index is 10.7. The molecule has 0 aromatic carbocycles. The number of rotatable bonds is 6. The summed E-state index contributed by atoms with van der Waals surface area (Å²) in [5.41, 5.74) is 0. The molecule has 0 spiro atoms. The summed E-state index contributed by atoms with van der Waals surface area (Å²) >= 11 is 0. The van der Waals surface area contributed by atoms with Gasteiger partial charge in [-0.1, -0.05) is 0 Å². The summed E-state index contributed by atoms with van der Waals surface area (Å²) in [6, 6.07) is 0. The first kappa shape index (κ1) is 15.9. The number of carbonyl (C=O) groups excluding carboxylic acids is 2. The van der Waals surface area contributed by atoms with Crippen molar-refractivity contribution in [1.82, 2.24) is 5.32 Å². The van der Waals surface area contributed by atoms with E-state index < -0.39 is 0 Å². The van der Waals surface area contributed by atoms with Crippen LogP contribution in [0.4, 0.5) is 0 Å². The number of carbonyl (C=O) groups is 2. The summed E-state index contributed by atoms with van der Waals surface area (Å²) in [6.45, 7) is 4.21. The maximum Gasteiger partial charge on any atom is 0.319 e. The molecule has 6 heteroatoms. The Balaban J connectivity index is 0. The Bertz CT molecular complexity index is 157. The zero-order valence-electron chi connectivity index (χ0n) is 8.37. The molecule has 0 saturated carbocycles. The van der Waals surface area contributed by atoms with Crippen molar-refractivity contribution in [2.45, 2.75) is 13.8 Å². The van der Waals surface area contributed by atoms with Gasteiger partial charge in [0.25, 0.3) is 0 Å². The molecule has 0 heterocycles. The van der Waals surface area contributed by atoms with Crippen molar-refractivity contribution in [3.8, 4) is 0 Å². The minimum absolute atomic E-state index is 0. The monoisotopic (exact) mass is 241 g/mol. The van der Waals surface area contributed by atoms with Crippen LogP contribution in [0.25, 0.3) is 0 Å². The van der Waals surface area contributed by atoms with Crippen molar-refractivity contribution in [3.63, 3.8) is 0 Å². The van der Waals surface area contributed by atoms with Crippen molar-refractivity contribution >= 4 is 11.9 Å². The second-order valence-electron chi connectivity index (χ2n) is 2.21. The molecule has 0 rings (SSSR count). The average molecular weight is 241 g/mol. The predicted molar refractivity (Wildman–Crippen MR) is 46.1 cm³/mol. The van der Waals surface area contributed by atoms with Crippen LogP contribution in [-0.2, 0) is 36.4 Å². The molecule has 0 amide bonds. The van der Waals surface area contributed by atoms with E-state index in [-0.39, 0.29) is 42.4 Å². The Morgan fingerprint density at radius 1 is 1.00 bits per heavy atom. The smallest absolute Gasteiger partial charge is 0.319 e. The van der Waals surface area contributed by atoms with Crippen LogP contribution in [0.5, 0.6) is 0 Å². The topological polar surface area (TPSA) is 64.6 Å². The first-order valence-corrected chi connectivity index (χ1v) is 4.22. The quantitative estimate of drug-likeness (QED) is 0.647. The number of hydrogen-bond donors (Lipinski definition) is 1. The van der Waals surface area contributed by atoms with Crippen LogP contribution in [0, 0.1) is 0 Å². The Morgan fingerprint density at radius 2 is 1.36 bits per heavy atom. The minimum atomic E-state index is -0.369. The van der Waals surface area contributed by atoms with Crippen LogP contribution in [0.2, 0.25) is 0 Å². The predicted octanol–water partition coefficient (Wildman–Crippen LogP) is -0.300. The molecular formula is C8H15CrNO4. The van der Waals surface area contributed by atoms with Crippen LogP contribution in [-0.4, -0.2) is 38.2 Å². The van der Waals surface area contributed by atoms with Crippen LogP contribution in [0.1, 0.15) is 13.8 Å². The number of ether oxygens (including phenoxy) is 2. The van der Waals surface area contributed by atoms with Gasteiger partial charge in [-0.2, -0.15) is 0 Å². The minimum Gasteiger partial charge on any atom is -0.465 e. The van der Waals surface area contributed by atoms with Gasteiger partial charge in [0, 0.05) is 17.4 Å². The zero-order valence-corrected chi connectivity index (χ0v) is 9.64.